The molecular weight excluding hydrogens is 550 g/mol. The molecule has 3 rings (SSSR count). The van der Waals surface area contributed by atoms with Gasteiger partial charge in [0.05, 0.1) is 0 Å². The quantitative estimate of drug-likeness (QED) is 0.117. The molecule has 0 aliphatic heterocycles. The molecule has 2 atom stereocenters. The lowest BCUT2D eigenvalue weighted by Gasteiger charge is -2.39. The lowest BCUT2D eigenvalue weighted by molar-refractivity contribution is 0.252. The highest BCUT2D eigenvalue weighted by atomic mass is 79.9. The Kier molecular flexibility index (Phi) is 14.1. The van der Waals surface area contributed by atoms with Crippen LogP contribution in [0.15, 0.2) is 34.8 Å². The van der Waals surface area contributed by atoms with Crippen molar-refractivity contribution in [2.24, 2.45) is 11.8 Å². The van der Waals surface area contributed by atoms with Crippen molar-refractivity contribution in [2.75, 3.05) is 5.73 Å². The molecule has 2 heteroatoms. The highest BCUT2D eigenvalue weighted by Gasteiger charge is 2.46. The second kappa shape index (κ2) is 17.0. The van der Waals surface area contributed by atoms with Gasteiger partial charge < -0.3 is 5.73 Å². The zero-order chi connectivity index (χ0) is 29.0. The zero-order valence-corrected chi connectivity index (χ0v) is 28.3. The molecular formula is C38H60BrN. The van der Waals surface area contributed by atoms with E-state index in [0.717, 1.165) is 17.5 Å². The number of hydrogen-bond donors (Lipinski definition) is 1. The minimum Gasteiger partial charge on any atom is -0.399 e. The molecule has 2 aromatic rings. The van der Waals surface area contributed by atoms with Crippen LogP contribution >= 0.6 is 15.9 Å². The molecule has 0 radical (unpaired) electrons. The summed E-state index contributed by atoms with van der Waals surface area (Å²) in [5.74, 6) is 1.53. The summed E-state index contributed by atoms with van der Waals surface area (Å²) in [7, 11) is 0. The summed E-state index contributed by atoms with van der Waals surface area (Å²) < 4.78 is 1.22. The van der Waals surface area contributed by atoms with Gasteiger partial charge in [-0.15, -0.1) is 0 Å². The molecule has 224 valence electrons. The minimum atomic E-state index is 0.0565. The first-order valence-corrected chi connectivity index (χ1v) is 17.9. The molecule has 0 fully saturated rings. The van der Waals surface area contributed by atoms with E-state index in [1.807, 2.05) is 0 Å². The molecule has 0 amide bonds. The molecule has 1 aliphatic carbocycles. The number of nitrogen functional groups attached to an aromatic ring is 1. The van der Waals surface area contributed by atoms with Gasteiger partial charge >= 0.3 is 0 Å². The molecule has 0 saturated carbocycles. The second-order valence-electron chi connectivity index (χ2n) is 13.2. The van der Waals surface area contributed by atoms with Gasteiger partial charge in [0.1, 0.15) is 0 Å². The summed E-state index contributed by atoms with van der Waals surface area (Å²) in [6.07, 6.45) is 24.2. The summed E-state index contributed by atoms with van der Waals surface area (Å²) in [6, 6.07) is 11.7. The van der Waals surface area contributed by atoms with Crippen molar-refractivity contribution in [3.63, 3.8) is 0 Å². The van der Waals surface area contributed by atoms with E-state index >= 15 is 0 Å². The van der Waals surface area contributed by atoms with Crippen molar-refractivity contribution in [2.45, 2.75) is 156 Å². The van der Waals surface area contributed by atoms with Gasteiger partial charge in [-0.05, 0) is 83.7 Å². The molecule has 2 unspecified atom stereocenters. The number of aryl methyl sites for hydroxylation is 1. The van der Waals surface area contributed by atoms with Crippen LogP contribution in [0.3, 0.4) is 0 Å². The van der Waals surface area contributed by atoms with Crippen molar-refractivity contribution in [1.82, 2.24) is 0 Å². The Hall–Kier alpha value is -1.28. The van der Waals surface area contributed by atoms with Crippen LogP contribution in [0.5, 0.6) is 0 Å². The predicted molar refractivity (Wildman–Crippen MR) is 182 cm³/mol. The second-order valence-corrected chi connectivity index (χ2v) is 14.1. The van der Waals surface area contributed by atoms with E-state index in [-0.39, 0.29) is 5.41 Å². The van der Waals surface area contributed by atoms with Crippen LogP contribution in [-0.4, -0.2) is 0 Å². The van der Waals surface area contributed by atoms with Gasteiger partial charge in [0.25, 0.3) is 0 Å². The lowest BCUT2D eigenvalue weighted by atomic mass is 9.64. The Bertz CT molecular complexity index is 998. The van der Waals surface area contributed by atoms with Crippen LogP contribution < -0.4 is 5.73 Å². The third kappa shape index (κ3) is 8.62. The fraction of sp³-hybridized carbons (Fsp3) is 0.684. The molecule has 0 bridgehead atoms. The number of hydrogen-bond acceptors (Lipinski definition) is 1. The molecule has 40 heavy (non-hydrogen) atoms. The summed E-state index contributed by atoms with van der Waals surface area (Å²) in [4.78, 5) is 0. The number of anilines is 1. The average Bonchev–Trinajstić information content (AvgIpc) is 3.18. The molecule has 0 saturated heterocycles. The number of benzene rings is 2. The largest absolute Gasteiger partial charge is 0.399 e. The normalized spacial score (nSPS) is 17.6. The topological polar surface area (TPSA) is 26.0 Å². The number of nitrogens with two attached hydrogens (primary N) is 1. The summed E-state index contributed by atoms with van der Waals surface area (Å²) in [6.45, 7) is 11.7. The first kappa shape index (κ1) is 33.2. The highest BCUT2D eigenvalue weighted by Crippen LogP contribution is 2.58. The molecule has 0 aromatic heterocycles. The summed E-state index contributed by atoms with van der Waals surface area (Å²) >= 11 is 3.90. The highest BCUT2D eigenvalue weighted by molar-refractivity contribution is 9.10. The van der Waals surface area contributed by atoms with E-state index < -0.39 is 0 Å². The van der Waals surface area contributed by atoms with Gasteiger partial charge in [0.15, 0.2) is 0 Å². The number of rotatable bonds is 20. The van der Waals surface area contributed by atoms with Crippen molar-refractivity contribution >= 4 is 21.6 Å². The lowest BCUT2D eigenvalue weighted by Crippen LogP contribution is -2.32. The predicted octanol–water partition coefficient (Wildman–Crippen LogP) is 12.9. The van der Waals surface area contributed by atoms with E-state index in [4.69, 9.17) is 5.73 Å². The Morgan fingerprint density at radius 2 is 1.18 bits per heavy atom. The average molecular weight is 611 g/mol. The smallest absolute Gasteiger partial charge is 0.0320 e. The van der Waals surface area contributed by atoms with Crippen LogP contribution in [0.4, 0.5) is 5.69 Å². The third-order valence-electron chi connectivity index (χ3n) is 9.78. The van der Waals surface area contributed by atoms with Crippen molar-refractivity contribution in [3.05, 3.63) is 51.5 Å². The van der Waals surface area contributed by atoms with Gasteiger partial charge in [-0.3, -0.25) is 0 Å². The van der Waals surface area contributed by atoms with E-state index in [2.05, 4.69) is 80.9 Å². The third-order valence-corrected chi connectivity index (χ3v) is 10.3. The van der Waals surface area contributed by atoms with Gasteiger partial charge in [0.2, 0.25) is 0 Å². The monoisotopic (exact) mass is 609 g/mol. The SMILES string of the molecule is CCCCCCC(CCCC)CC1(CC(CCCC)CCCCCC)c2cc(Br)ccc2-c2c(C)cc(N)cc21. The van der Waals surface area contributed by atoms with Crippen molar-refractivity contribution in [3.8, 4) is 11.1 Å². The van der Waals surface area contributed by atoms with E-state index in [1.54, 1.807) is 11.1 Å². The first-order valence-electron chi connectivity index (χ1n) is 17.1. The molecule has 0 spiro atoms. The molecule has 1 nitrogen and oxygen atoms in total. The Morgan fingerprint density at radius 3 is 1.70 bits per heavy atom. The van der Waals surface area contributed by atoms with E-state index in [1.165, 1.54) is 137 Å². The standard InChI is InChI=1S/C38H60BrN/c1-6-10-14-16-20-30(18-12-8-3)27-38(28-31(19-13-9-4)21-17-15-11-7-2)35-25-32(39)22-23-34(35)37-29(5)24-33(40)26-36(37)38/h22-26,30-31H,6-21,27-28,40H2,1-5H3. The fourth-order valence-corrected chi connectivity index (χ4v) is 8.10. The summed E-state index contributed by atoms with van der Waals surface area (Å²) in [5, 5.41) is 0. The Morgan fingerprint density at radius 1 is 0.650 bits per heavy atom. The van der Waals surface area contributed by atoms with Gasteiger partial charge in [-0.25, -0.2) is 0 Å². The number of fused-ring (bicyclic) bond motifs is 3. The zero-order valence-electron chi connectivity index (χ0n) is 26.7. The first-order chi connectivity index (χ1) is 19.4. The van der Waals surface area contributed by atoms with Crippen molar-refractivity contribution in [1.29, 1.82) is 0 Å². The number of unbranched alkanes of at least 4 members (excludes halogenated alkanes) is 8. The Labute approximate surface area is 256 Å². The molecule has 0 heterocycles. The van der Waals surface area contributed by atoms with Crippen LogP contribution in [-0.2, 0) is 5.41 Å². The maximum atomic E-state index is 6.66. The van der Waals surface area contributed by atoms with E-state index in [0.29, 0.717) is 0 Å². The van der Waals surface area contributed by atoms with Crippen LogP contribution in [0.2, 0.25) is 0 Å². The van der Waals surface area contributed by atoms with Crippen molar-refractivity contribution < 1.29 is 0 Å². The van der Waals surface area contributed by atoms with E-state index in [9.17, 15) is 0 Å². The Balaban J connectivity index is 2.12. The molecule has 2 aromatic carbocycles. The molecule has 2 N–H and O–H groups in total. The van der Waals surface area contributed by atoms with Crippen LogP contribution in [0, 0.1) is 18.8 Å². The molecule has 1 aliphatic rings. The van der Waals surface area contributed by atoms with Gasteiger partial charge in [-0.1, -0.05) is 152 Å². The maximum Gasteiger partial charge on any atom is 0.0320 e. The van der Waals surface area contributed by atoms with Gasteiger partial charge in [-0.2, -0.15) is 0 Å². The maximum absolute atomic E-state index is 6.66. The number of halogens is 1. The van der Waals surface area contributed by atoms with Crippen LogP contribution in [0.25, 0.3) is 11.1 Å². The van der Waals surface area contributed by atoms with Crippen LogP contribution in [0.1, 0.15) is 160 Å². The fourth-order valence-electron chi connectivity index (χ4n) is 7.74. The van der Waals surface area contributed by atoms with Gasteiger partial charge in [0, 0.05) is 15.6 Å². The minimum absolute atomic E-state index is 0.0565. The summed E-state index contributed by atoms with van der Waals surface area (Å²) in [5.41, 5.74) is 15.1.